The minimum atomic E-state index is -4.56. The molecule has 5 rings (SSSR count). The molecule has 4 heterocycles. The number of piperidine rings is 1. The molecule has 5 N–H and O–H groups in total. The van der Waals surface area contributed by atoms with Gasteiger partial charge in [0, 0.05) is 23.9 Å². The molecule has 12 nitrogen and oxygen atoms in total. The summed E-state index contributed by atoms with van der Waals surface area (Å²) in [7, 11) is 0. The zero-order chi connectivity index (χ0) is 28.4. The summed E-state index contributed by atoms with van der Waals surface area (Å²) in [4.78, 5) is 38.6. The van der Waals surface area contributed by atoms with Gasteiger partial charge in [-0.3, -0.25) is 19.7 Å². The van der Waals surface area contributed by atoms with Crippen LogP contribution in [-0.4, -0.2) is 66.3 Å². The number of hydrogen-bond donors (Lipinski definition) is 4. The first kappa shape index (κ1) is 27.0. The molecule has 208 valence electrons. The van der Waals surface area contributed by atoms with Crippen molar-refractivity contribution in [1.82, 2.24) is 35.1 Å². The number of hydrogen-bond acceptors (Lipinski definition) is 9. The number of benzene rings is 1. The second-order valence-corrected chi connectivity index (χ2v) is 9.28. The highest BCUT2D eigenvalue weighted by Crippen LogP contribution is 2.34. The molecule has 40 heavy (non-hydrogen) atoms. The number of nitrogen functional groups attached to an aromatic ring is 1. The molecule has 4 aromatic rings. The van der Waals surface area contributed by atoms with Crippen LogP contribution in [0.25, 0.3) is 22.3 Å². The smallest absolute Gasteiger partial charge is 0.383 e. The first-order chi connectivity index (χ1) is 19.1. The molecule has 1 unspecified atom stereocenters. The van der Waals surface area contributed by atoms with E-state index in [-0.39, 0.29) is 29.8 Å². The highest BCUT2D eigenvalue weighted by molar-refractivity contribution is 6.04. The van der Waals surface area contributed by atoms with Gasteiger partial charge in [0.05, 0.1) is 23.5 Å². The zero-order valence-electron chi connectivity index (χ0n) is 20.9. The van der Waals surface area contributed by atoms with Crippen molar-refractivity contribution in [2.45, 2.75) is 25.1 Å². The summed E-state index contributed by atoms with van der Waals surface area (Å²) >= 11 is 0. The number of pyridine rings is 1. The summed E-state index contributed by atoms with van der Waals surface area (Å²) < 4.78 is 40.7. The molecule has 15 heteroatoms. The average molecular weight is 556 g/mol. The van der Waals surface area contributed by atoms with Crippen LogP contribution in [0.15, 0.2) is 48.9 Å². The lowest BCUT2D eigenvalue weighted by molar-refractivity contribution is -0.137. The van der Waals surface area contributed by atoms with E-state index in [1.807, 2.05) is 4.90 Å². The third-order valence-electron chi connectivity index (χ3n) is 6.59. The Morgan fingerprint density at radius 3 is 2.62 bits per heavy atom. The number of halogens is 3. The van der Waals surface area contributed by atoms with Crippen LogP contribution in [0.2, 0.25) is 0 Å². The van der Waals surface area contributed by atoms with Crippen LogP contribution in [0.5, 0.6) is 0 Å². The molecule has 1 aliphatic heterocycles. The normalized spacial score (nSPS) is 16.1. The lowest BCUT2D eigenvalue weighted by atomic mass is 10.1. The molecule has 1 aromatic carbocycles. The van der Waals surface area contributed by atoms with Crippen molar-refractivity contribution in [3.8, 4) is 11.3 Å². The second kappa shape index (κ2) is 10.9. The number of hydroxylamine groups is 1. The van der Waals surface area contributed by atoms with E-state index in [9.17, 15) is 22.8 Å². The molecule has 1 aliphatic rings. The molecule has 0 aliphatic carbocycles. The first-order valence-corrected chi connectivity index (χ1v) is 12.2. The Kier molecular flexibility index (Phi) is 7.32. The summed E-state index contributed by atoms with van der Waals surface area (Å²) in [6.45, 7) is 1.22. The predicted octanol–water partition coefficient (Wildman–Crippen LogP) is 2.88. The van der Waals surface area contributed by atoms with Gasteiger partial charge in [-0.15, -0.1) is 0 Å². The number of fused-ring (bicyclic) bond motifs is 1. The molecule has 1 saturated heterocycles. The fourth-order valence-electron chi connectivity index (χ4n) is 4.71. The minimum absolute atomic E-state index is 0.0374. The molecule has 1 atom stereocenters. The molecule has 1 fully saturated rings. The number of amides is 2. The van der Waals surface area contributed by atoms with Gasteiger partial charge in [-0.05, 0) is 43.7 Å². The van der Waals surface area contributed by atoms with Gasteiger partial charge in [-0.25, -0.2) is 25.1 Å². The SMILES string of the molecule is Nc1ncnc2c1c(-c1ccc(C(=O)Nc3cc(C(F)(F)F)ccn3)cc1)nn2C1CCCN(CC(=O)NO)C1. The van der Waals surface area contributed by atoms with Gasteiger partial charge in [-0.1, -0.05) is 12.1 Å². The van der Waals surface area contributed by atoms with Gasteiger partial charge in [0.2, 0.25) is 0 Å². The van der Waals surface area contributed by atoms with Crippen LogP contribution in [0.3, 0.4) is 0 Å². The maximum atomic E-state index is 13.0. The van der Waals surface area contributed by atoms with Crippen molar-refractivity contribution in [1.29, 1.82) is 0 Å². The summed E-state index contributed by atoms with van der Waals surface area (Å²) in [6, 6.07) is 7.77. The number of nitrogens with zero attached hydrogens (tertiary/aromatic N) is 6. The van der Waals surface area contributed by atoms with E-state index in [4.69, 9.17) is 16.0 Å². The average Bonchev–Trinajstić information content (AvgIpc) is 3.34. The van der Waals surface area contributed by atoms with Crippen molar-refractivity contribution < 1.29 is 28.0 Å². The number of likely N-dealkylation sites (tertiary alicyclic amines) is 1. The predicted molar refractivity (Wildman–Crippen MR) is 137 cm³/mol. The fourth-order valence-corrected chi connectivity index (χ4v) is 4.71. The van der Waals surface area contributed by atoms with E-state index in [0.717, 1.165) is 31.2 Å². The van der Waals surface area contributed by atoms with E-state index < -0.39 is 23.6 Å². The largest absolute Gasteiger partial charge is 0.416 e. The Morgan fingerprint density at radius 1 is 1.12 bits per heavy atom. The van der Waals surface area contributed by atoms with Crippen LogP contribution >= 0.6 is 0 Å². The molecule has 2 amide bonds. The molecule has 0 bridgehead atoms. The monoisotopic (exact) mass is 555 g/mol. The minimum Gasteiger partial charge on any atom is -0.383 e. The third-order valence-corrected chi connectivity index (χ3v) is 6.59. The highest BCUT2D eigenvalue weighted by atomic mass is 19.4. The van der Waals surface area contributed by atoms with E-state index in [1.54, 1.807) is 22.3 Å². The lowest BCUT2D eigenvalue weighted by Gasteiger charge is -2.32. The number of anilines is 2. The van der Waals surface area contributed by atoms with E-state index in [1.165, 1.54) is 18.5 Å². The van der Waals surface area contributed by atoms with E-state index in [0.29, 0.717) is 35.4 Å². The number of carbonyl (C=O) groups is 2. The topological polar surface area (TPSA) is 164 Å². The third kappa shape index (κ3) is 5.55. The maximum Gasteiger partial charge on any atom is 0.416 e. The van der Waals surface area contributed by atoms with Crippen LogP contribution in [0.1, 0.15) is 34.8 Å². The van der Waals surface area contributed by atoms with Crippen LogP contribution in [0, 0.1) is 0 Å². The van der Waals surface area contributed by atoms with Gasteiger partial charge in [0.15, 0.2) is 5.65 Å². The first-order valence-electron chi connectivity index (χ1n) is 12.2. The van der Waals surface area contributed by atoms with Crippen molar-refractivity contribution in [2.75, 3.05) is 30.7 Å². The Morgan fingerprint density at radius 2 is 1.90 bits per heavy atom. The van der Waals surface area contributed by atoms with Crippen LogP contribution in [-0.2, 0) is 11.0 Å². The standard InChI is InChI=1S/C25H24F3N9O3/c26-25(27,28)16-7-8-30-18(10-16)33-24(39)15-5-3-14(4-6-15)21-20-22(29)31-13-32-23(20)37(34-21)17-2-1-9-36(11-17)12-19(38)35-40/h3-8,10,13,17,40H,1-2,9,11-12H2,(H,35,38)(H2,29,31,32)(H,30,33,39). The molecule has 0 saturated carbocycles. The summed E-state index contributed by atoms with van der Waals surface area (Å²) in [5, 5.41) is 16.6. The number of alkyl halides is 3. The molecule has 3 aromatic heterocycles. The summed E-state index contributed by atoms with van der Waals surface area (Å²) in [6.07, 6.45) is -0.673. The fraction of sp³-hybridized carbons (Fsp3) is 0.280. The van der Waals surface area contributed by atoms with Crippen molar-refractivity contribution >= 4 is 34.5 Å². The Hall–Kier alpha value is -4.63. The highest BCUT2D eigenvalue weighted by Gasteiger charge is 2.31. The lowest BCUT2D eigenvalue weighted by Crippen LogP contribution is -2.42. The van der Waals surface area contributed by atoms with Gasteiger partial charge in [0.1, 0.15) is 23.7 Å². The van der Waals surface area contributed by atoms with Crippen LogP contribution < -0.4 is 16.5 Å². The number of aromatic nitrogens is 5. The number of carbonyl (C=O) groups excluding carboxylic acids is 2. The molecular weight excluding hydrogens is 531 g/mol. The molecular formula is C25H24F3N9O3. The Labute approximate surface area is 225 Å². The van der Waals surface area contributed by atoms with Gasteiger partial charge in [0.25, 0.3) is 11.8 Å². The van der Waals surface area contributed by atoms with Crippen molar-refractivity contribution in [3.63, 3.8) is 0 Å². The van der Waals surface area contributed by atoms with Crippen LogP contribution in [0.4, 0.5) is 24.8 Å². The van der Waals surface area contributed by atoms with E-state index >= 15 is 0 Å². The van der Waals surface area contributed by atoms with Crippen molar-refractivity contribution in [3.05, 3.63) is 60.0 Å². The van der Waals surface area contributed by atoms with E-state index in [2.05, 4.69) is 20.3 Å². The zero-order valence-corrected chi connectivity index (χ0v) is 20.9. The summed E-state index contributed by atoms with van der Waals surface area (Å²) in [5.41, 5.74) is 8.75. The van der Waals surface area contributed by atoms with Crippen molar-refractivity contribution in [2.24, 2.45) is 0 Å². The van der Waals surface area contributed by atoms with Gasteiger partial charge in [-0.2, -0.15) is 18.3 Å². The Bertz CT molecular complexity index is 1560. The number of nitrogens with two attached hydrogens (primary N) is 1. The molecule has 0 spiro atoms. The quantitative estimate of drug-likeness (QED) is 0.207. The maximum absolute atomic E-state index is 13.0. The summed E-state index contributed by atoms with van der Waals surface area (Å²) in [5.74, 6) is -1.15. The van der Waals surface area contributed by atoms with Gasteiger partial charge >= 0.3 is 6.18 Å². The molecule has 0 radical (unpaired) electrons. The number of rotatable bonds is 6. The van der Waals surface area contributed by atoms with Gasteiger partial charge < -0.3 is 11.1 Å². The second-order valence-electron chi connectivity index (χ2n) is 9.28. The Balaban J connectivity index is 1.41. The number of nitrogens with one attached hydrogen (secondary N) is 2.